The van der Waals surface area contributed by atoms with Gasteiger partial charge in [0.05, 0.1) is 5.69 Å². The molecule has 3 unspecified atom stereocenters. The average molecular weight is 287 g/mol. The first kappa shape index (κ1) is 14.0. The van der Waals surface area contributed by atoms with Gasteiger partial charge in [0.2, 0.25) is 0 Å². The Morgan fingerprint density at radius 1 is 1.22 bits per heavy atom. The Kier molecular flexibility index (Phi) is 4.39. The maximum absolute atomic E-state index is 6.16. The fourth-order valence-electron chi connectivity index (χ4n) is 2.65. The van der Waals surface area contributed by atoms with Gasteiger partial charge in [-0.15, -0.1) is 0 Å². The van der Waals surface area contributed by atoms with Crippen molar-refractivity contribution in [2.45, 2.75) is 46.1 Å². The van der Waals surface area contributed by atoms with Gasteiger partial charge in [-0.05, 0) is 49.7 Å². The molecule has 1 fully saturated rings. The van der Waals surface area contributed by atoms with Gasteiger partial charge in [-0.1, -0.05) is 37.0 Å². The van der Waals surface area contributed by atoms with Gasteiger partial charge in [0.25, 0.3) is 0 Å². The number of nitrogens with one attached hydrogen (secondary N) is 1. The molecule has 0 spiro atoms. The lowest BCUT2D eigenvalue weighted by Gasteiger charge is -2.33. The van der Waals surface area contributed by atoms with Crippen LogP contribution in [0.15, 0.2) is 6.07 Å². The predicted molar refractivity (Wildman–Crippen MR) is 78.6 cm³/mol. The van der Waals surface area contributed by atoms with Gasteiger partial charge in [-0.3, -0.25) is 0 Å². The van der Waals surface area contributed by atoms with E-state index in [9.17, 15) is 0 Å². The van der Waals surface area contributed by atoms with Crippen LogP contribution in [0.2, 0.25) is 10.3 Å². The van der Waals surface area contributed by atoms with Crippen LogP contribution in [-0.2, 0) is 0 Å². The fourth-order valence-corrected chi connectivity index (χ4v) is 3.24. The molecule has 2 nitrogen and oxygen atoms in total. The van der Waals surface area contributed by atoms with E-state index in [2.05, 4.69) is 24.1 Å². The number of hydrogen-bond acceptors (Lipinski definition) is 2. The van der Waals surface area contributed by atoms with E-state index in [0.29, 0.717) is 16.3 Å². The summed E-state index contributed by atoms with van der Waals surface area (Å²) in [6.45, 7) is 6.67. The van der Waals surface area contributed by atoms with E-state index in [4.69, 9.17) is 23.2 Å². The Balaban J connectivity index is 2.10. The quantitative estimate of drug-likeness (QED) is 0.780. The predicted octanol–water partition coefficient (Wildman–Crippen LogP) is 4.93. The summed E-state index contributed by atoms with van der Waals surface area (Å²) in [7, 11) is 0. The molecule has 1 aliphatic rings. The van der Waals surface area contributed by atoms with E-state index in [-0.39, 0.29) is 0 Å². The number of halogens is 2. The highest BCUT2D eigenvalue weighted by Crippen LogP contribution is 2.33. The van der Waals surface area contributed by atoms with Crippen LogP contribution in [0.3, 0.4) is 0 Å². The van der Waals surface area contributed by atoms with Crippen LogP contribution >= 0.6 is 23.2 Å². The summed E-state index contributed by atoms with van der Waals surface area (Å²) in [4.78, 5) is 4.10. The summed E-state index contributed by atoms with van der Waals surface area (Å²) in [5.41, 5.74) is 2.00. The zero-order valence-corrected chi connectivity index (χ0v) is 12.6. The third-order valence-corrected chi connectivity index (χ3v) is 4.55. The minimum atomic E-state index is 0.452. The van der Waals surface area contributed by atoms with Gasteiger partial charge < -0.3 is 5.32 Å². The van der Waals surface area contributed by atoms with E-state index in [1.54, 1.807) is 0 Å². The van der Waals surface area contributed by atoms with Crippen LogP contribution in [0, 0.1) is 18.8 Å². The van der Waals surface area contributed by atoms with Gasteiger partial charge in [0.15, 0.2) is 5.15 Å². The molecule has 1 aromatic rings. The number of nitrogens with zero attached hydrogens (tertiary/aromatic N) is 1. The summed E-state index contributed by atoms with van der Waals surface area (Å²) in [5, 5.41) is 4.47. The summed E-state index contributed by atoms with van der Waals surface area (Å²) >= 11 is 12.0. The van der Waals surface area contributed by atoms with Crippen LogP contribution < -0.4 is 5.32 Å². The first-order valence-corrected chi connectivity index (χ1v) is 7.32. The second-order valence-electron chi connectivity index (χ2n) is 5.54. The maximum Gasteiger partial charge on any atom is 0.154 e. The zero-order chi connectivity index (χ0) is 13.3. The largest absolute Gasteiger partial charge is 0.380 e. The van der Waals surface area contributed by atoms with Crippen molar-refractivity contribution >= 4 is 28.9 Å². The number of pyridine rings is 1. The molecule has 0 amide bonds. The molecule has 0 bridgehead atoms. The molecule has 1 heterocycles. The van der Waals surface area contributed by atoms with Gasteiger partial charge >= 0.3 is 0 Å². The highest BCUT2D eigenvalue weighted by Gasteiger charge is 2.25. The topological polar surface area (TPSA) is 24.9 Å². The highest BCUT2D eigenvalue weighted by molar-refractivity contribution is 6.34. The lowest BCUT2D eigenvalue weighted by molar-refractivity contribution is 0.261. The van der Waals surface area contributed by atoms with Crippen molar-refractivity contribution in [2.24, 2.45) is 11.8 Å². The lowest BCUT2D eigenvalue weighted by Crippen LogP contribution is -2.30. The Labute approximate surface area is 119 Å². The van der Waals surface area contributed by atoms with E-state index < -0.39 is 0 Å². The van der Waals surface area contributed by atoms with Crippen molar-refractivity contribution < 1.29 is 0 Å². The van der Waals surface area contributed by atoms with Gasteiger partial charge in [-0.2, -0.15) is 0 Å². The molecule has 2 rings (SSSR count). The van der Waals surface area contributed by atoms with Crippen LogP contribution in [0.25, 0.3) is 0 Å². The van der Waals surface area contributed by atoms with Crippen LogP contribution in [0.1, 0.15) is 38.7 Å². The molecule has 0 aromatic carbocycles. The van der Waals surface area contributed by atoms with E-state index in [1.807, 2.05) is 13.0 Å². The summed E-state index contributed by atoms with van der Waals surface area (Å²) in [5.74, 6) is 1.58. The SMILES string of the molecule is Cc1cc(Cl)nc(Cl)c1NC1CCC(C)C(C)C1. The first-order chi connectivity index (χ1) is 8.47. The summed E-state index contributed by atoms with van der Waals surface area (Å²) < 4.78 is 0. The second kappa shape index (κ2) is 5.66. The average Bonchev–Trinajstić information content (AvgIpc) is 2.28. The molecule has 0 saturated heterocycles. The van der Waals surface area contributed by atoms with E-state index >= 15 is 0 Å². The van der Waals surface area contributed by atoms with Crippen molar-refractivity contribution in [1.29, 1.82) is 0 Å². The van der Waals surface area contributed by atoms with Crippen LogP contribution in [0.4, 0.5) is 5.69 Å². The molecule has 100 valence electrons. The Morgan fingerprint density at radius 3 is 2.56 bits per heavy atom. The van der Waals surface area contributed by atoms with Gasteiger partial charge in [-0.25, -0.2) is 4.98 Å². The molecule has 4 heteroatoms. The molecule has 1 N–H and O–H groups in total. The van der Waals surface area contributed by atoms with Crippen LogP contribution in [-0.4, -0.2) is 11.0 Å². The molecular formula is C14H20Cl2N2. The third-order valence-electron chi connectivity index (χ3n) is 4.09. The maximum atomic E-state index is 6.16. The lowest BCUT2D eigenvalue weighted by atomic mass is 9.79. The van der Waals surface area contributed by atoms with Crippen molar-refractivity contribution in [3.8, 4) is 0 Å². The number of aromatic nitrogens is 1. The third kappa shape index (κ3) is 3.10. The molecule has 1 saturated carbocycles. The fraction of sp³-hybridized carbons (Fsp3) is 0.643. The molecule has 0 radical (unpaired) electrons. The number of hydrogen-bond donors (Lipinski definition) is 1. The van der Waals surface area contributed by atoms with Crippen LogP contribution in [0.5, 0.6) is 0 Å². The molecule has 18 heavy (non-hydrogen) atoms. The van der Waals surface area contributed by atoms with Crippen molar-refractivity contribution in [3.05, 3.63) is 21.9 Å². The molecular weight excluding hydrogens is 267 g/mol. The smallest absolute Gasteiger partial charge is 0.154 e. The molecule has 0 aliphatic heterocycles. The van der Waals surface area contributed by atoms with E-state index in [0.717, 1.165) is 23.1 Å². The highest BCUT2D eigenvalue weighted by atomic mass is 35.5. The first-order valence-electron chi connectivity index (χ1n) is 6.56. The summed E-state index contributed by atoms with van der Waals surface area (Å²) in [6, 6.07) is 2.35. The molecule has 3 atom stereocenters. The minimum absolute atomic E-state index is 0.452. The second-order valence-corrected chi connectivity index (χ2v) is 6.28. The normalized spacial score (nSPS) is 28.2. The van der Waals surface area contributed by atoms with Gasteiger partial charge in [0.1, 0.15) is 5.15 Å². The Morgan fingerprint density at radius 2 is 1.94 bits per heavy atom. The number of aryl methyl sites for hydroxylation is 1. The monoisotopic (exact) mass is 286 g/mol. The Bertz CT molecular complexity index is 411. The Hall–Kier alpha value is -0.470. The van der Waals surface area contributed by atoms with E-state index in [1.165, 1.54) is 19.3 Å². The molecule has 1 aliphatic carbocycles. The van der Waals surface area contributed by atoms with Crippen molar-refractivity contribution in [2.75, 3.05) is 5.32 Å². The van der Waals surface area contributed by atoms with Crippen molar-refractivity contribution in [3.63, 3.8) is 0 Å². The summed E-state index contributed by atoms with van der Waals surface area (Å²) in [6.07, 6.45) is 3.67. The minimum Gasteiger partial charge on any atom is -0.380 e. The standard InChI is InChI=1S/C14H20Cl2N2/c1-8-4-5-11(6-9(8)2)17-13-10(3)7-12(15)18-14(13)16/h7-9,11,17H,4-6H2,1-3H3. The molecule has 1 aromatic heterocycles. The zero-order valence-electron chi connectivity index (χ0n) is 11.1. The van der Waals surface area contributed by atoms with Crippen molar-refractivity contribution in [1.82, 2.24) is 4.98 Å². The number of anilines is 1. The van der Waals surface area contributed by atoms with Gasteiger partial charge in [0, 0.05) is 6.04 Å². The number of rotatable bonds is 2.